The molecule has 0 aliphatic heterocycles. The Labute approximate surface area is 180 Å². The minimum Gasteiger partial charge on any atom is -0.465 e. The van der Waals surface area contributed by atoms with E-state index in [2.05, 4.69) is 14.8 Å². The molecule has 0 aliphatic rings. The fourth-order valence-corrected chi connectivity index (χ4v) is 3.49. The van der Waals surface area contributed by atoms with Crippen LogP contribution in [0.3, 0.4) is 0 Å². The van der Waals surface area contributed by atoms with Gasteiger partial charge in [-0.3, -0.25) is 4.79 Å². The zero-order chi connectivity index (χ0) is 24.1. The number of anilines is 1. The van der Waals surface area contributed by atoms with E-state index in [1.165, 1.54) is 18.2 Å². The van der Waals surface area contributed by atoms with E-state index in [1.54, 1.807) is 0 Å². The van der Waals surface area contributed by atoms with E-state index in [-0.39, 0.29) is 16.8 Å². The lowest BCUT2D eigenvalue weighted by atomic mass is 10.1. The second-order valence-electron chi connectivity index (χ2n) is 6.18. The SMILES string of the molecule is COC(=O)c1cc(NC(=O)CNS(=O)(=O)c2cccc(C(F)(F)F)c2)cc(C(=O)OC)c1. The first-order valence-electron chi connectivity index (χ1n) is 8.66. The van der Waals surface area contributed by atoms with E-state index < -0.39 is 51.0 Å². The topological polar surface area (TPSA) is 128 Å². The third-order valence-electron chi connectivity index (χ3n) is 3.95. The van der Waals surface area contributed by atoms with Crippen molar-refractivity contribution < 1.29 is 45.4 Å². The largest absolute Gasteiger partial charge is 0.465 e. The molecule has 0 aliphatic carbocycles. The lowest BCUT2D eigenvalue weighted by Gasteiger charge is -2.11. The molecule has 0 saturated carbocycles. The molecular weight excluding hydrogens is 457 g/mol. The highest BCUT2D eigenvalue weighted by molar-refractivity contribution is 7.89. The number of amides is 1. The second-order valence-corrected chi connectivity index (χ2v) is 7.95. The van der Waals surface area contributed by atoms with Gasteiger partial charge in [-0.15, -0.1) is 0 Å². The number of carbonyl (C=O) groups is 3. The number of esters is 2. The lowest BCUT2D eigenvalue weighted by molar-refractivity contribution is -0.137. The Bertz CT molecular complexity index is 1110. The third kappa shape index (κ3) is 6.28. The van der Waals surface area contributed by atoms with Crippen molar-refractivity contribution in [1.82, 2.24) is 4.72 Å². The molecule has 172 valence electrons. The quantitative estimate of drug-likeness (QED) is 0.589. The summed E-state index contributed by atoms with van der Waals surface area (Å²) in [4.78, 5) is 35.0. The molecule has 0 unspecified atom stereocenters. The van der Waals surface area contributed by atoms with Gasteiger partial charge in [0, 0.05) is 5.69 Å². The highest BCUT2D eigenvalue weighted by Gasteiger charge is 2.31. The lowest BCUT2D eigenvalue weighted by Crippen LogP contribution is -2.33. The summed E-state index contributed by atoms with van der Waals surface area (Å²) in [5, 5.41) is 2.28. The van der Waals surface area contributed by atoms with Gasteiger partial charge in [-0.2, -0.15) is 13.2 Å². The van der Waals surface area contributed by atoms with Crippen LogP contribution in [0.15, 0.2) is 47.4 Å². The smallest absolute Gasteiger partial charge is 0.416 e. The van der Waals surface area contributed by atoms with Crippen molar-refractivity contribution >= 4 is 33.6 Å². The number of alkyl halides is 3. The molecule has 2 aromatic rings. The number of methoxy groups -OCH3 is 2. The molecule has 0 spiro atoms. The number of hydrogen-bond donors (Lipinski definition) is 2. The van der Waals surface area contributed by atoms with Crippen molar-refractivity contribution in [3.05, 3.63) is 59.2 Å². The highest BCUT2D eigenvalue weighted by atomic mass is 32.2. The Morgan fingerprint density at radius 3 is 2.00 bits per heavy atom. The Morgan fingerprint density at radius 1 is 0.938 bits per heavy atom. The molecule has 0 fully saturated rings. The molecule has 2 N–H and O–H groups in total. The molecule has 32 heavy (non-hydrogen) atoms. The van der Waals surface area contributed by atoms with Crippen molar-refractivity contribution in [2.24, 2.45) is 0 Å². The monoisotopic (exact) mass is 474 g/mol. The summed E-state index contributed by atoms with van der Waals surface area (Å²) < 4.78 is 73.9. The Morgan fingerprint density at radius 2 is 1.50 bits per heavy atom. The van der Waals surface area contributed by atoms with Gasteiger partial charge in [-0.1, -0.05) is 6.07 Å². The van der Waals surface area contributed by atoms with Crippen LogP contribution in [0.25, 0.3) is 0 Å². The molecule has 13 heteroatoms. The number of halogens is 3. The molecule has 2 aromatic carbocycles. The molecule has 9 nitrogen and oxygen atoms in total. The maximum absolute atomic E-state index is 12.8. The molecular formula is C19H17F3N2O7S. The predicted molar refractivity (Wildman–Crippen MR) is 104 cm³/mol. The van der Waals surface area contributed by atoms with E-state index in [1.807, 2.05) is 4.72 Å². The number of hydrogen-bond acceptors (Lipinski definition) is 7. The van der Waals surface area contributed by atoms with Crippen molar-refractivity contribution in [1.29, 1.82) is 0 Å². The van der Waals surface area contributed by atoms with Crippen LogP contribution in [0.1, 0.15) is 26.3 Å². The number of sulfonamides is 1. The average Bonchev–Trinajstić information content (AvgIpc) is 2.75. The number of nitrogens with one attached hydrogen (secondary N) is 2. The molecule has 2 rings (SSSR count). The summed E-state index contributed by atoms with van der Waals surface area (Å²) in [7, 11) is -2.23. The summed E-state index contributed by atoms with van der Waals surface area (Å²) in [5.41, 5.74) is -1.39. The van der Waals surface area contributed by atoms with Gasteiger partial charge in [0.1, 0.15) is 0 Å². The van der Waals surface area contributed by atoms with Gasteiger partial charge in [0.2, 0.25) is 15.9 Å². The van der Waals surface area contributed by atoms with Crippen LogP contribution in [0, 0.1) is 0 Å². The predicted octanol–water partition coefficient (Wildman–Crippen LogP) is 2.20. The van der Waals surface area contributed by atoms with Crippen LogP contribution in [0.5, 0.6) is 0 Å². The minimum absolute atomic E-state index is 0.0448. The highest BCUT2D eigenvalue weighted by Crippen LogP contribution is 2.30. The molecule has 0 atom stereocenters. The van der Waals surface area contributed by atoms with E-state index in [9.17, 15) is 36.0 Å². The van der Waals surface area contributed by atoms with Crippen LogP contribution in [-0.4, -0.2) is 47.0 Å². The van der Waals surface area contributed by atoms with E-state index in [0.717, 1.165) is 26.4 Å². The summed E-state index contributed by atoms with van der Waals surface area (Å²) >= 11 is 0. The molecule has 0 heterocycles. The van der Waals surface area contributed by atoms with Crippen molar-refractivity contribution in [2.45, 2.75) is 11.1 Å². The van der Waals surface area contributed by atoms with Crippen LogP contribution in [0.4, 0.5) is 18.9 Å². The van der Waals surface area contributed by atoms with Crippen molar-refractivity contribution in [3.8, 4) is 0 Å². The van der Waals surface area contributed by atoms with E-state index >= 15 is 0 Å². The van der Waals surface area contributed by atoms with Gasteiger partial charge in [0.05, 0.1) is 42.4 Å². The van der Waals surface area contributed by atoms with E-state index in [0.29, 0.717) is 12.1 Å². The molecule has 0 bridgehead atoms. The summed E-state index contributed by atoms with van der Waals surface area (Å²) in [5.74, 6) is -2.54. The van der Waals surface area contributed by atoms with Gasteiger partial charge in [-0.25, -0.2) is 22.7 Å². The summed E-state index contributed by atoms with van der Waals surface area (Å²) in [6.45, 7) is -0.839. The number of rotatable bonds is 7. The normalized spacial score (nSPS) is 11.5. The molecule has 0 saturated heterocycles. The summed E-state index contributed by atoms with van der Waals surface area (Å²) in [6.07, 6.45) is -4.75. The Hall–Kier alpha value is -3.45. The van der Waals surface area contributed by atoms with Gasteiger partial charge >= 0.3 is 18.1 Å². The molecule has 0 radical (unpaired) electrons. The first-order chi connectivity index (χ1) is 14.9. The van der Waals surface area contributed by atoms with Crippen LogP contribution in [-0.2, 0) is 30.5 Å². The van der Waals surface area contributed by atoms with Gasteiger partial charge in [0.25, 0.3) is 0 Å². The maximum Gasteiger partial charge on any atom is 0.416 e. The zero-order valence-corrected chi connectivity index (χ0v) is 17.5. The van der Waals surface area contributed by atoms with Gasteiger partial charge in [0.15, 0.2) is 0 Å². The molecule has 1 amide bonds. The zero-order valence-electron chi connectivity index (χ0n) is 16.6. The van der Waals surface area contributed by atoms with Crippen molar-refractivity contribution in [2.75, 3.05) is 26.1 Å². The number of ether oxygens (including phenoxy) is 2. The molecule has 0 aromatic heterocycles. The van der Waals surface area contributed by atoms with Crippen LogP contribution in [0.2, 0.25) is 0 Å². The Balaban J connectivity index is 2.17. The third-order valence-corrected chi connectivity index (χ3v) is 5.35. The average molecular weight is 474 g/mol. The first kappa shape index (κ1) is 24.8. The maximum atomic E-state index is 12.8. The Kier molecular flexibility index (Phi) is 7.59. The number of carbonyl (C=O) groups excluding carboxylic acids is 3. The summed E-state index contributed by atoms with van der Waals surface area (Å²) in [6, 6.07) is 6.53. The second kappa shape index (κ2) is 9.78. The van der Waals surface area contributed by atoms with E-state index in [4.69, 9.17) is 0 Å². The van der Waals surface area contributed by atoms with Crippen molar-refractivity contribution in [3.63, 3.8) is 0 Å². The fourth-order valence-electron chi connectivity index (χ4n) is 2.46. The fraction of sp³-hybridized carbons (Fsp3) is 0.211. The first-order valence-corrected chi connectivity index (χ1v) is 10.1. The standard InChI is InChI=1S/C19H17F3N2O7S/c1-30-17(26)11-6-12(18(27)31-2)8-14(7-11)24-16(25)10-23-32(28,29)15-5-3-4-13(9-15)19(20,21)22/h3-9,23H,10H2,1-2H3,(H,24,25). The van der Waals surface area contributed by atoms with Gasteiger partial charge in [-0.05, 0) is 36.4 Å². The van der Waals surface area contributed by atoms with Crippen LogP contribution < -0.4 is 10.0 Å². The minimum atomic E-state index is -4.75. The van der Waals surface area contributed by atoms with Gasteiger partial charge < -0.3 is 14.8 Å². The van der Waals surface area contributed by atoms with Crippen LogP contribution >= 0.6 is 0 Å². The number of benzene rings is 2.